The van der Waals surface area contributed by atoms with Crippen LogP contribution in [0.4, 0.5) is 0 Å². The van der Waals surface area contributed by atoms with Gasteiger partial charge in [0.2, 0.25) is 0 Å². The third kappa shape index (κ3) is 3.16. The Bertz CT molecular complexity index is 403. The van der Waals surface area contributed by atoms with Crippen LogP contribution in [0.2, 0.25) is 0 Å². The second-order valence-electron chi connectivity index (χ2n) is 3.61. The summed E-state index contributed by atoms with van der Waals surface area (Å²) in [5.41, 5.74) is -0.182. The van der Waals surface area contributed by atoms with E-state index in [2.05, 4.69) is 0 Å². The summed E-state index contributed by atoms with van der Waals surface area (Å²) in [5, 5.41) is 45.8. The summed E-state index contributed by atoms with van der Waals surface area (Å²) in [6, 6.07) is 3.53. The maximum absolute atomic E-state index is 10.7. The average molecular weight is 242 g/mol. The number of aliphatic hydroxyl groups excluding tert-OH is 3. The first kappa shape index (κ1) is 13.4. The summed E-state index contributed by atoms with van der Waals surface area (Å²) in [5.74, 6) is -1.74. The summed E-state index contributed by atoms with van der Waals surface area (Å²) in [4.78, 5) is 10.7. The lowest BCUT2D eigenvalue weighted by Crippen LogP contribution is -2.19. The van der Waals surface area contributed by atoms with Gasteiger partial charge in [0.25, 0.3) is 0 Å². The molecule has 0 amide bonds. The minimum Gasteiger partial charge on any atom is -0.507 e. The van der Waals surface area contributed by atoms with Gasteiger partial charge in [0.1, 0.15) is 17.4 Å². The van der Waals surface area contributed by atoms with Crippen LogP contribution in [-0.4, -0.2) is 44.2 Å². The predicted molar refractivity (Wildman–Crippen MR) is 57.7 cm³/mol. The third-order valence-corrected chi connectivity index (χ3v) is 2.38. The van der Waals surface area contributed by atoms with Gasteiger partial charge in [0.15, 0.2) is 0 Å². The van der Waals surface area contributed by atoms with Crippen molar-refractivity contribution < 1.29 is 30.3 Å². The van der Waals surface area contributed by atoms with Crippen LogP contribution in [0.1, 0.15) is 28.4 Å². The molecule has 0 fully saturated rings. The SMILES string of the molecule is O=C(O)c1cc(C(O)C(O)CCO)ccc1O. The first-order valence-corrected chi connectivity index (χ1v) is 5.00. The van der Waals surface area contributed by atoms with Crippen molar-refractivity contribution >= 4 is 5.97 Å². The molecular weight excluding hydrogens is 228 g/mol. The van der Waals surface area contributed by atoms with E-state index in [1.807, 2.05) is 0 Å². The molecule has 0 spiro atoms. The van der Waals surface area contributed by atoms with Crippen molar-refractivity contribution in [3.8, 4) is 5.75 Å². The van der Waals surface area contributed by atoms with Gasteiger partial charge >= 0.3 is 5.97 Å². The molecule has 2 atom stereocenters. The molecule has 0 saturated heterocycles. The van der Waals surface area contributed by atoms with Crippen LogP contribution in [-0.2, 0) is 0 Å². The monoisotopic (exact) mass is 242 g/mol. The lowest BCUT2D eigenvalue weighted by atomic mass is 10.00. The fourth-order valence-electron chi connectivity index (χ4n) is 1.42. The van der Waals surface area contributed by atoms with Crippen LogP contribution in [0.15, 0.2) is 18.2 Å². The molecule has 1 aromatic rings. The van der Waals surface area contributed by atoms with Gasteiger partial charge in [-0.3, -0.25) is 0 Å². The zero-order valence-electron chi connectivity index (χ0n) is 8.95. The van der Waals surface area contributed by atoms with E-state index in [9.17, 15) is 20.1 Å². The van der Waals surface area contributed by atoms with E-state index in [0.29, 0.717) is 0 Å². The second-order valence-corrected chi connectivity index (χ2v) is 3.61. The van der Waals surface area contributed by atoms with E-state index in [-0.39, 0.29) is 24.2 Å². The molecule has 94 valence electrons. The van der Waals surface area contributed by atoms with Crippen molar-refractivity contribution in [3.05, 3.63) is 29.3 Å². The minimum absolute atomic E-state index is 0.0234. The average Bonchev–Trinajstić information content (AvgIpc) is 2.28. The van der Waals surface area contributed by atoms with Gasteiger partial charge in [-0.25, -0.2) is 4.79 Å². The Morgan fingerprint density at radius 2 is 1.94 bits per heavy atom. The first-order chi connectivity index (χ1) is 7.97. The number of carbonyl (C=O) groups is 1. The van der Waals surface area contributed by atoms with Crippen molar-refractivity contribution in [2.24, 2.45) is 0 Å². The van der Waals surface area contributed by atoms with Gasteiger partial charge < -0.3 is 25.5 Å². The molecule has 0 bridgehead atoms. The molecule has 0 aliphatic rings. The first-order valence-electron chi connectivity index (χ1n) is 5.00. The third-order valence-electron chi connectivity index (χ3n) is 2.38. The van der Waals surface area contributed by atoms with Gasteiger partial charge in [0, 0.05) is 6.61 Å². The molecule has 0 saturated carbocycles. The van der Waals surface area contributed by atoms with E-state index >= 15 is 0 Å². The van der Waals surface area contributed by atoms with Crippen molar-refractivity contribution in [2.75, 3.05) is 6.61 Å². The fourth-order valence-corrected chi connectivity index (χ4v) is 1.42. The molecule has 0 heterocycles. The lowest BCUT2D eigenvalue weighted by molar-refractivity contribution is 0.00412. The Hall–Kier alpha value is -1.63. The van der Waals surface area contributed by atoms with Gasteiger partial charge in [0.05, 0.1) is 6.10 Å². The summed E-state index contributed by atoms with van der Waals surface area (Å²) in [6.45, 7) is -0.290. The zero-order valence-corrected chi connectivity index (χ0v) is 8.95. The number of rotatable bonds is 5. The van der Waals surface area contributed by atoms with Crippen LogP contribution in [0.3, 0.4) is 0 Å². The van der Waals surface area contributed by atoms with E-state index in [4.69, 9.17) is 10.2 Å². The quantitative estimate of drug-likeness (QED) is 0.490. The number of aromatic carboxylic acids is 1. The highest BCUT2D eigenvalue weighted by Crippen LogP contribution is 2.25. The molecule has 5 N–H and O–H groups in total. The van der Waals surface area contributed by atoms with E-state index in [0.717, 1.165) is 12.1 Å². The van der Waals surface area contributed by atoms with Crippen LogP contribution in [0.25, 0.3) is 0 Å². The molecule has 2 unspecified atom stereocenters. The number of aliphatic hydroxyl groups is 3. The number of aromatic hydroxyl groups is 1. The predicted octanol–water partition coefficient (Wildman–Crippen LogP) is -0.133. The van der Waals surface area contributed by atoms with Crippen LogP contribution in [0, 0.1) is 0 Å². The smallest absolute Gasteiger partial charge is 0.339 e. The maximum atomic E-state index is 10.7. The molecule has 1 aromatic carbocycles. The number of carboxylic acid groups (broad SMARTS) is 1. The number of carboxylic acids is 1. The Balaban J connectivity index is 2.99. The number of phenols is 1. The topological polar surface area (TPSA) is 118 Å². The molecule has 0 radical (unpaired) electrons. The largest absolute Gasteiger partial charge is 0.507 e. The molecule has 17 heavy (non-hydrogen) atoms. The molecule has 0 aromatic heterocycles. The van der Waals surface area contributed by atoms with Crippen molar-refractivity contribution in [2.45, 2.75) is 18.6 Å². The second kappa shape index (κ2) is 5.62. The summed E-state index contributed by atoms with van der Waals surface area (Å²) < 4.78 is 0. The van der Waals surface area contributed by atoms with Gasteiger partial charge in [-0.15, -0.1) is 0 Å². The summed E-state index contributed by atoms with van der Waals surface area (Å²) in [6.07, 6.45) is -2.52. The minimum atomic E-state index is -1.33. The molecule has 6 heteroatoms. The number of hydrogen-bond acceptors (Lipinski definition) is 5. The summed E-state index contributed by atoms with van der Waals surface area (Å²) in [7, 11) is 0. The Morgan fingerprint density at radius 1 is 1.29 bits per heavy atom. The fraction of sp³-hybridized carbons (Fsp3) is 0.364. The van der Waals surface area contributed by atoms with Gasteiger partial charge in [-0.1, -0.05) is 6.07 Å². The number of benzene rings is 1. The van der Waals surface area contributed by atoms with Crippen LogP contribution in [0.5, 0.6) is 5.75 Å². The van der Waals surface area contributed by atoms with E-state index < -0.39 is 23.9 Å². The molecule has 6 nitrogen and oxygen atoms in total. The Morgan fingerprint density at radius 3 is 2.47 bits per heavy atom. The van der Waals surface area contributed by atoms with E-state index in [1.54, 1.807) is 0 Å². The molecule has 1 rings (SSSR count). The van der Waals surface area contributed by atoms with E-state index in [1.165, 1.54) is 6.07 Å². The lowest BCUT2D eigenvalue weighted by Gasteiger charge is -2.17. The van der Waals surface area contributed by atoms with Gasteiger partial charge in [-0.2, -0.15) is 0 Å². The molecule has 0 aliphatic carbocycles. The van der Waals surface area contributed by atoms with Crippen LogP contribution < -0.4 is 0 Å². The number of hydrogen-bond donors (Lipinski definition) is 5. The molecular formula is C11H14O6. The highest BCUT2D eigenvalue weighted by molar-refractivity contribution is 5.90. The Kier molecular flexibility index (Phi) is 4.45. The normalized spacial score (nSPS) is 14.3. The highest BCUT2D eigenvalue weighted by atomic mass is 16.4. The molecule has 0 aliphatic heterocycles. The van der Waals surface area contributed by atoms with Crippen LogP contribution >= 0.6 is 0 Å². The standard InChI is InChI=1S/C11H14O6/c12-4-3-9(14)10(15)6-1-2-8(13)7(5-6)11(16)17/h1-2,5,9-10,12-15H,3-4H2,(H,16,17). The van der Waals surface area contributed by atoms with Gasteiger partial charge in [-0.05, 0) is 24.1 Å². The zero-order chi connectivity index (χ0) is 13.0. The highest BCUT2D eigenvalue weighted by Gasteiger charge is 2.20. The maximum Gasteiger partial charge on any atom is 0.339 e. The Labute approximate surface area is 97.4 Å². The van der Waals surface area contributed by atoms with Crippen molar-refractivity contribution in [1.82, 2.24) is 0 Å². The summed E-state index contributed by atoms with van der Waals surface area (Å²) >= 11 is 0. The van der Waals surface area contributed by atoms with Crippen molar-refractivity contribution in [3.63, 3.8) is 0 Å². The van der Waals surface area contributed by atoms with Crippen molar-refractivity contribution in [1.29, 1.82) is 0 Å².